The molecule has 1 atom stereocenters. The lowest BCUT2D eigenvalue weighted by Crippen LogP contribution is -2.31. The lowest BCUT2D eigenvalue weighted by atomic mass is 9.93. The number of rotatable bonds is 3. The summed E-state index contributed by atoms with van der Waals surface area (Å²) < 4.78 is 13.1. The number of halogens is 1. The van der Waals surface area contributed by atoms with Crippen LogP contribution in [0.3, 0.4) is 0 Å². The summed E-state index contributed by atoms with van der Waals surface area (Å²) in [7, 11) is 0. The summed E-state index contributed by atoms with van der Waals surface area (Å²) in [6, 6.07) is 6.51. The van der Waals surface area contributed by atoms with Gasteiger partial charge in [0.2, 0.25) is 0 Å². The van der Waals surface area contributed by atoms with Gasteiger partial charge in [0.1, 0.15) is 5.82 Å². The summed E-state index contributed by atoms with van der Waals surface area (Å²) in [4.78, 5) is 2.37. The van der Waals surface area contributed by atoms with E-state index in [1.165, 1.54) is 18.6 Å². The summed E-state index contributed by atoms with van der Waals surface area (Å²) in [6.45, 7) is 7.54. The molecule has 0 bridgehead atoms. The van der Waals surface area contributed by atoms with Crippen LogP contribution in [0, 0.1) is 11.2 Å². The fraction of sp³-hybridized carbons (Fsp3) is 0.571. The third-order valence-corrected chi connectivity index (χ3v) is 3.49. The molecule has 2 N–H and O–H groups in total. The summed E-state index contributed by atoms with van der Waals surface area (Å²) >= 11 is 0. The first kappa shape index (κ1) is 12.5. The fourth-order valence-corrected chi connectivity index (χ4v) is 2.50. The normalized spacial score (nSPS) is 21.6. The van der Waals surface area contributed by atoms with E-state index in [4.69, 9.17) is 5.73 Å². The molecule has 1 aliphatic rings. The van der Waals surface area contributed by atoms with Gasteiger partial charge in [0.05, 0.1) is 0 Å². The van der Waals surface area contributed by atoms with Gasteiger partial charge in [-0.1, -0.05) is 26.0 Å². The second-order valence-corrected chi connectivity index (χ2v) is 5.81. The van der Waals surface area contributed by atoms with Crippen LogP contribution in [0.15, 0.2) is 24.3 Å². The predicted molar refractivity (Wildman–Crippen MR) is 68.2 cm³/mol. The Morgan fingerprint density at radius 2 is 2.24 bits per heavy atom. The van der Waals surface area contributed by atoms with Crippen molar-refractivity contribution in [2.45, 2.75) is 26.3 Å². The minimum absolute atomic E-state index is 0.0976. The molecule has 0 amide bonds. The lowest BCUT2D eigenvalue weighted by Gasteiger charge is -2.23. The van der Waals surface area contributed by atoms with Gasteiger partial charge in [-0.25, -0.2) is 4.39 Å². The second kappa shape index (κ2) is 4.75. The van der Waals surface area contributed by atoms with E-state index in [-0.39, 0.29) is 11.9 Å². The Kier molecular flexibility index (Phi) is 3.50. The van der Waals surface area contributed by atoms with Crippen LogP contribution in [0.5, 0.6) is 0 Å². The maximum atomic E-state index is 13.1. The molecule has 3 heteroatoms. The molecule has 1 saturated heterocycles. The molecular formula is C14H21FN2. The first-order chi connectivity index (χ1) is 7.96. The van der Waals surface area contributed by atoms with Gasteiger partial charge in [-0.2, -0.15) is 0 Å². The van der Waals surface area contributed by atoms with Gasteiger partial charge in [-0.05, 0) is 36.1 Å². The summed E-state index contributed by atoms with van der Waals surface area (Å²) in [5.74, 6) is -0.209. The van der Waals surface area contributed by atoms with E-state index in [1.807, 2.05) is 6.07 Å². The van der Waals surface area contributed by atoms with Crippen molar-refractivity contribution in [1.29, 1.82) is 0 Å². The highest BCUT2D eigenvalue weighted by molar-refractivity contribution is 5.20. The van der Waals surface area contributed by atoms with Crippen LogP contribution in [0.25, 0.3) is 0 Å². The highest BCUT2D eigenvalue weighted by atomic mass is 19.1. The molecule has 2 rings (SSSR count). The standard InChI is InChI=1S/C14H21FN2/c1-14(2)6-7-17(10-14)9-13(16)11-4-3-5-12(15)8-11/h3-5,8,13H,6-7,9-10,16H2,1-2H3. The smallest absolute Gasteiger partial charge is 0.123 e. The molecule has 1 heterocycles. The molecule has 17 heavy (non-hydrogen) atoms. The Labute approximate surface area is 103 Å². The van der Waals surface area contributed by atoms with Gasteiger partial charge < -0.3 is 10.6 Å². The number of likely N-dealkylation sites (tertiary alicyclic amines) is 1. The zero-order valence-electron chi connectivity index (χ0n) is 10.6. The average Bonchev–Trinajstić information content (AvgIpc) is 2.58. The molecule has 0 radical (unpaired) electrons. The third-order valence-electron chi connectivity index (χ3n) is 3.49. The molecule has 1 aromatic carbocycles. The van der Waals surface area contributed by atoms with Gasteiger partial charge in [0.25, 0.3) is 0 Å². The Bertz CT molecular complexity index is 390. The first-order valence-corrected chi connectivity index (χ1v) is 6.20. The number of nitrogens with two attached hydrogens (primary N) is 1. The minimum Gasteiger partial charge on any atom is -0.323 e. The summed E-state index contributed by atoms with van der Waals surface area (Å²) in [5.41, 5.74) is 7.40. The Balaban J connectivity index is 1.96. The largest absolute Gasteiger partial charge is 0.323 e. The van der Waals surface area contributed by atoms with Crippen LogP contribution < -0.4 is 5.73 Å². The molecule has 2 nitrogen and oxygen atoms in total. The first-order valence-electron chi connectivity index (χ1n) is 6.20. The molecular weight excluding hydrogens is 215 g/mol. The van der Waals surface area contributed by atoms with E-state index in [9.17, 15) is 4.39 Å². The van der Waals surface area contributed by atoms with Gasteiger partial charge in [0.15, 0.2) is 0 Å². The minimum atomic E-state index is -0.209. The van der Waals surface area contributed by atoms with Crippen molar-refractivity contribution < 1.29 is 4.39 Å². The van der Waals surface area contributed by atoms with E-state index in [0.29, 0.717) is 5.41 Å². The van der Waals surface area contributed by atoms with Crippen LogP contribution in [0.2, 0.25) is 0 Å². The molecule has 1 aromatic rings. The molecule has 0 aromatic heterocycles. The maximum Gasteiger partial charge on any atom is 0.123 e. The lowest BCUT2D eigenvalue weighted by molar-refractivity contribution is 0.276. The van der Waals surface area contributed by atoms with Crippen molar-refractivity contribution in [3.05, 3.63) is 35.6 Å². The fourth-order valence-electron chi connectivity index (χ4n) is 2.50. The van der Waals surface area contributed by atoms with Crippen molar-refractivity contribution in [2.24, 2.45) is 11.1 Å². The molecule has 0 spiro atoms. The molecule has 1 unspecified atom stereocenters. The van der Waals surface area contributed by atoms with Gasteiger partial charge in [-0.15, -0.1) is 0 Å². The van der Waals surface area contributed by atoms with Crippen LogP contribution in [0.4, 0.5) is 4.39 Å². The highest BCUT2D eigenvalue weighted by Gasteiger charge is 2.29. The Morgan fingerprint density at radius 1 is 1.47 bits per heavy atom. The van der Waals surface area contributed by atoms with Crippen molar-refractivity contribution in [2.75, 3.05) is 19.6 Å². The Hall–Kier alpha value is -0.930. The third kappa shape index (κ3) is 3.27. The van der Waals surface area contributed by atoms with Crippen LogP contribution in [0.1, 0.15) is 31.9 Å². The quantitative estimate of drug-likeness (QED) is 0.874. The van der Waals surface area contributed by atoms with E-state index >= 15 is 0 Å². The molecule has 0 aliphatic carbocycles. The average molecular weight is 236 g/mol. The molecule has 1 aliphatic heterocycles. The number of hydrogen-bond donors (Lipinski definition) is 1. The van der Waals surface area contributed by atoms with Crippen molar-refractivity contribution in [1.82, 2.24) is 4.90 Å². The Morgan fingerprint density at radius 3 is 2.82 bits per heavy atom. The highest BCUT2D eigenvalue weighted by Crippen LogP contribution is 2.29. The van der Waals surface area contributed by atoms with Gasteiger partial charge >= 0.3 is 0 Å². The monoisotopic (exact) mass is 236 g/mol. The predicted octanol–water partition coefficient (Wildman–Crippen LogP) is 2.56. The van der Waals surface area contributed by atoms with Crippen molar-refractivity contribution in [3.63, 3.8) is 0 Å². The van der Waals surface area contributed by atoms with Crippen molar-refractivity contribution in [3.8, 4) is 0 Å². The van der Waals surface area contributed by atoms with Gasteiger partial charge in [-0.3, -0.25) is 0 Å². The maximum absolute atomic E-state index is 13.1. The number of nitrogens with zero attached hydrogens (tertiary/aromatic N) is 1. The summed E-state index contributed by atoms with van der Waals surface area (Å²) in [6.07, 6.45) is 1.21. The summed E-state index contributed by atoms with van der Waals surface area (Å²) in [5, 5.41) is 0. The zero-order valence-corrected chi connectivity index (χ0v) is 10.6. The number of hydrogen-bond acceptors (Lipinski definition) is 2. The topological polar surface area (TPSA) is 29.3 Å². The van der Waals surface area contributed by atoms with Crippen LogP contribution in [-0.2, 0) is 0 Å². The number of benzene rings is 1. The molecule has 1 fully saturated rings. The van der Waals surface area contributed by atoms with Crippen LogP contribution >= 0.6 is 0 Å². The second-order valence-electron chi connectivity index (χ2n) is 5.81. The zero-order chi connectivity index (χ0) is 12.5. The van der Waals surface area contributed by atoms with Crippen LogP contribution in [-0.4, -0.2) is 24.5 Å². The van der Waals surface area contributed by atoms with E-state index in [2.05, 4.69) is 18.7 Å². The van der Waals surface area contributed by atoms with Crippen molar-refractivity contribution >= 4 is 0 Å². The van der Waals surface area contributed by atoms with Gasteiger partial charge in [0, 0.05) is 19.1 Å². The van der Waals surface area contributed by atoms with E-state index < -0.39 is 0 Å². The molecule has 0 saturated carbocycles. The van der Waals surface area contributed by atoms with E-state index in [1.54, 1.807) is 6.07 Å². The van der Waals surface area contributed by atoms with E-state index in [0.717, 1.165) is 25.2 Å². The molecule has 94 valence electrons. The SMILES string of the molecule is CC1(C)CCN(CC(N)c2cccc(F)c2)C1.